The van der Waals surface area contributed by atoms with Crippen molar-refractivity contribution in [3.63, 3.8) is 0 Å². The van der Waals surface area contributed by atoms with E-state index in [0.717, 1.165) is 6.26 Å². The van der Waals surface area contributed by atoms with Gasteiger partial charge < -0.3 is 5.73 Å². The van der Waals surface area contributed by atoms with E-state index >= 15 is 0 Å². The number of nitrogens with zero attached hydrogens (tertiary/aromatic N) is 3. The molecule has 0 bridgehead atoms. The van der Waals surface area contributed by atoms with Crippen LogP contribution in [0.5, 0.6) is 0 Å². The summed E-state index contributed by atoms with van der Waals surface area (Å²) >= 11 is 0. The molecule has 0 heterocycles. The van der Waals surface area contributed by atoms with Gasteiger partial charge >= 0.3 is 0 Å². The lowest BCUT2D eigenvalue weighted by molar-refractivity contribution is 0.293. The molecule has 7 nitrogen and oxygen atoms in total. The topological polar surface area (TPSA) is 123 Å². The molecule has 19 heavy (non-hydrogen) atoms. The molecule has 0 saturated heterocycles. The third-order valence-corrected chi connectivity index (χ3v) is 2.96. The Kier molecular flexibility index (Phi) is 5.71. The van der Waals surface area contributed by atoms with Crippen molar-refractivity contribution >= 4 is 20.6 Å². The SMILES string of the molecule is CC(C)=NN(/C(N)=C(/C#N)C(=N)S(C)(=O)=O)C(C)C. The Bertz CT molecular complexity index is 562. The van der Waals surface area contributed by atoms with Crippen LogP contribution in [0.3, 0.4) is 0 Å². The molecular weight excluding hydrogens is 266 g/mol. The lowest BCUT2D eigenvalue weighted by Gasteiger charge is -2.24. The molecule has 0 aliphatic carbocycles. The molecule has 0 saturated carbocycles. The van der Waals surface area contributed by atoms with Gasteiger partial charge in [-0.2, -0.15) is 10.4 Å². The summed E-state index contributed by atoms with van der Waals surface area (Å²) in [6.07, 6.45) is 0.855. The van der Waals surface area contributed by atoms with E-state index in [0.29, 0.717) is 5.71 Å². The first kappa shape index (κ1) is 17.1. The number of sulfone groups is 1. The van der Waals surface area contributed by atoms with Crippen LogP contribution in [0.2, 0.25) is 0 Å². The van der Waals surface area contributed by atoms with Gasteiger partial charge in [0.05, 0.1) is 0 Å². The first-order valence-electron chi connectivity index (χ1n) is 5.52. The van der Waals surface area contributed by atoms with E-state index in [1.54, 1.807) is 33.8 Å². The Balaban J connectivity index is 5.94. The van der Waals surface area contributed by atoms with Crippen molar-refractivity contribution in [3.05, 3.63) is 11.4 Å². The van der Waals surface area contributed by atoms with Gasteiger partial charge in [0.15, 0.2) is 14.9 Å². The normalized spacial score (nSPS) is 12.5. The van der Waals surface area contributed by atoms with Crippen LogP contribution in [-0.4, -0.2) is 36.5 Å². The Morgan fingerprint density at radius 2 is 1.89 bits per heavy atom. The van der Waals surface area contributed by atoms with E-state index in [4.69, 9.17) is 16.4 Å². The van der Waals surface area contributed by atoms with Gasteiger partial charge in [0.25, 0.3) is 0 Å². The number of hydrazone groups is 1. The molecule has 0 aromatic rings. The molecule has 0 spiro atoms. The van der Waals surface area contributed by atoms with Crippen molar-refractivity contribution in [3.8, 4) is 6.07 Å². The van der Waals surface area contributed by atoms with Gasteiger partial charge in [-0.1, -0.05) is 0 Å². The fraction of sp³-hybridized carbons (Fsp3) is 0.545. The summed E-state index contributed by atoms with van der Waals surface area (Å²) in [7, 11) is -3.80. The molecule has 0 radical (unpaired) electrons. The smallest absolute Gasteiger partial charge is 0.193 e. The second-order valence-corrected chi connectivity index (χ2v) is 6.41. The lowest BCUT2D eigenvalue weighted by Crippen LogP contribution is -2.33. The highest BCUT2D eigenvalue weighted by molar-refractivity contribution is 8.06. The minimum atomic E-state index is -3.80. The maximum Gasteiger partial charge on any atom is 0.193 e. The predicted molar refractivity (Wildman–Crippen MR) is 75.2 cm³/mol. The fourth-order valence-corrected chi connectivity index (χ4v) is 1.71. The highest BCUT2D eigenvalue weighted by Crippen LogP contribution is 2.13. The third kappa shape index (κ3) is 4.71. The minimum Gasteiger partial charge on any atom is -0.383 e. The molecule has 0 atom stereocenters. The van der Waals surface area contributed by atoms with Crippen molar-refractivity contribution in [1.29, 1.82) is 10.7 Å². The van der Waals surface area contributed by atoms with Gasteiger partial charge in [-0.15, -0.1) is 0 Å². The second-order valence-electron chi connectivity index (χ2n) is 4.46. The second kappa shape index (κ2) is 6.33. The van der Waals surface area contributed by atoms with Crippen LogP contribution in [0.25, 0.3) is 0 Å². The zero-order chi connectivity index (χ0) is 15.4. The average Bonchev–Trinajstić information content (AvgIpc) is 2.24. The van der Waals surface area contributed by atoms with E-state index in [-0.39, 0.29) is 11.9 Å². The molecule has 0 rings (SSSR count). The van der Waals surface area contributed by atoms with E-state index in [1.165, 1.54) is 5.01 Å². The number of nitrogens with two attached hydrogens (primary N) is 1. The Morgan fingerprint density at radius 3 is 2.16 bits per heavy atom. The Hall–Kier alpha value is -1.88. The Morgan fingerprint density at radius 1 is 1.42 bits per heavy atom. The summed E-state index contributed by atoms with van der Waals surface area (Å²) in [6.45, 7) is 7.07. The molecule has 0 amide bonds. The monoisotopic (exact) mass is 285 g/mol. The van der Waals surface area contributed by atoms with Crippen molar-refractivity contribution < 1.29 is 8.42 Å². The van der Waals surface area contributed by atoms with E-state index in [2.05, 4.69) is 5.10 Å². The van der Waals surface area contributed by atoms with Crippen molar-refractivity contribution in [2.45, 2.75) is 33.7 Å². The van der Waals surface area contributed by atoms with Gasteiger partial charge in [0.1, 0.15) is 17.5 Å². The molecule has 0 fully saturated rings. The van der Waals surface area contributed by atoms with Crippen molar-refractivity contribution in [1.82, 2.24) is 5.01 Å². The number of hydrogen-bond acceptors (Lipinski definition) is 7. The van der Waals surface area contributed by atoms with Gasteiger partial charge in [-0.3, -0.25) is 5.41 Å². The molecule has 0 unspecified atom stereocenters. The highest BCUT2D eigenvalue weighted by atomic mass is 32.2. The van der Waals surface area contributed by atoms with Crippen LogP contribution in [0.1, 0.15) is 27.7 Å². The minimum absolute atomic E-state index is 0.144. The van der Waals surface area contributed by atoms with Gasteiger partial charge in [-0.05, 0) is 27.7 Å². The van der Waals surface area contributed by atoms with Crippen LogP contribution in [0, 0.1) is 16.7 Å². The summed E-state index contributed by atoms with van der Waals surface area (Å²) in [6, 6.07) is 1.48. The first-order valence-corrected chi connectivity index (χ1v) is 7.41. The zero-order valence-corrected chi connectivity index (χ0v) is 12.5. The van der Waals surface area contributed by atoms with Crippen molar-refractivity contribution in [2.24, 2.45) is 10.8 Å². The quantitative estimate of drug-likeness (QED) is 0.342. The largest absolute Gasteiger partial charge is 0.383 e. The van der Waals surface area contributed by atoms with Gasteiger partial charge in [-0.25, -0.2) is 13.4 Å². The highest BCUT2D eigenvalue weighted by Gasteiger charge is 2.23. The number of hydrogen-bond donors (Lipinski definition) is 2. The van der Waals surface area contributed by atoms with Crippen LogP contribution in [-0.2, 0) is 9.84 Å². The average molecular weight is 285 g/mol. The zero-order valence-electron chi connectivity index (χ0n) is 11.7. The molecule has 106 valence electrons. The maximum atomic E-state index is 11.3. The first-order chi connectivity index (χ1) is 8.52. The molecule has 0 aromatic heterocycles. The fourth-order valence-electron chi connectivity index (χ4n) is 1.19. The van der Waals surface area contributed by atoms with Crippen molar-refractivity contribution in [2.75, 3.05) is 6.26 Å². The maximum absolute atomic E-state index is 11.3. The Labute approximate surface area is 113 Å². The molecule has 0 aliphatic rings. The van der Waals surface area contributed by atoms with Crippen LogP contribution in [0.15, 0.2) is 16.5 Å². The predicted octanol–water partition coefficient (Wildman–Crippen LogP) is 0.808. The molecule has 8 heteroatoms. The van der Waals surface area contributed by atoms with Crippen LogP contribution < -0.4 is 5.73 Å². The summed E-state index contributed by atoms with van der Waals surface area (Å²) in [5, 5.41) is 21.2. The third-order valence-electron chi connectivity index (χ3n) is 2.01. The van der Waals surface area contributed by atoms with E-state index < -0.39 is 20.5 Å². The summed E-state index contributed by atoms with van der Waals surface area (Å²) in [5.74, 6) is -0.144. The van der Waals surface area contributed by atoms with E-state index in [9.17, 15) is 8.42 Å². The number of nitriles is 1. The lowest BCUT2D eigenvalue weighted by atomic mass is 10.3. The molecule has 0 aromatic carbocycles. The molecular formula is C11H19N5O2S. The summed E-state index contributed by atoms with van der Waals surface area (Å²) in [5.41, 5.74) is 6.08. The van der Waals surface area contributed by atoms with Crippen LogP contribution in [0.4, 0.5) is 0 Å². The number of rotatable bonds is 4. The standard InChI is InChI=1S/C11H19N5O2S/c1-7(2)15-16(8(3)4)10(13)9(6-12)11(14)19(5,17)18/h8,14H,13H2,1-5H3/b10-9-,14-11?. The summed E-state index contributed by atoms with van der Waals surface area (Å²) in [4.78, 5) is 0. The number of nitrogens with one attached hydrogen (secondary N) is 1. The van der Waals surface area contributed by atoms with Gasteiger partial charge in [0, 0.05) is 18.0 Å². The van der Waals surface area contributed by atoms with Crippen LogP contribution >= 0.6 is 0 Å². The molecule has 0 aliphatic heterocycles. The summed E-state index contributed by atoms with van der Waals surface area (Å²) < 4.78 is 22.7. The van der Waals surface area contributed by atoms with Gasteiger partial charge in [0.2, 0.25) is 0 Å². The van der Waals surface area contributed by atoms with E-state index in [1.807, 2.05) is 0 Å². The molecule has 3 N–H and O–H groups in total.